The molecule has 3 heteroatoms. The van der Waals surface area contributed by atoms with Crippen molar-refractivity contribution in [3.63, 3.8) is 0 Å². The molecule has 2 rings (SSSR count). The van der Waals surface area contributed by atoms with Crippen molar-refractivity contribution >= 4 is 0 Å². The van der Waals surface area contributed by atoms with Crippen molar-refractivity contribution in [2.75, 3.05) is 0 Å². The third-order valence-electron chi connectivity index (χ3n) is 2.23. The first-order chi connectivity index (χ1) is 7.59. The molecule has 81 valence electrons. The first kappa shape index (κ1) is 10.7. The number of hydrogen-bond donors (Lipinski definition) is 0. The van der Waals surface area contributed by atoms with E-state index in [0.29, 0.717) is 5.56 Å². The van der Waals surface area contributed by atoms with Crippen molar-refractivity contribution in [1.29, 1.82) is 0 Å². The van der Waals surface area contributed by atoms with Gasteiger partial charge in [-0.1, -0.05) is 42.5 Å². The van der Waals surface area contributed by atoms with Crippen LogP contribution in [0.15, 0.2) is 48.5 Å². The normalized spacial score (nSPS) is 11.4. The van der Waals surface area contributed by atoms with Crippen LogP contribution in [0.4, 0.5) is 13.2 Å². The van der Waals surface area contributed by atoms with Crippen LogP contribution in [0.25, 0.3) is 11.1 Å². The highest BCUT2D eigenvalue weighted by molar-refractivity contribution is 5.67. The average molecular weight is 221 g/mol. The highest BCUT2D eigenvalue weighted by Crippen LogP contribution is 2.36. The quantitative estimate of drug-likeness (QED) is 0.677. The Kier molecular flexibility index (Phi) is 2.69. The highest BCUT2D eigenvalue weighted by Gasteiger charge is 2.33. The van der Waals surface area contributed by atoms with E-state index in [9.17, 15) is 13.2 Å². The van der Waals surface area contributed by atoms with Crippen molar-refractivity contribution in [1.82, 2.24) is 0 Å². The topological polar surface area (TPSA) is 0 Å². The summed E-state index contributed by atoms with van der Waals surface area (Å²) in [6, 6.07) is 14.9. The molecule has 0 aliphatic rings. The van der Waals surface area contributed by atoms with Crippen LogP contribution in [-0.2, 0) is 6.18 Å². The zero-order valence-electron chi connectivity index (χ0n) is 8.25. The van der Waals surface area contributed by atoms with Gasteiger partial charge in [-0.2, -0.15) is 13.2 Å². The summed E-state index contributed by atoms with van der Waals surface area (Å²) in [6.45, 7) is 0. The second-order valence-electron chi connectivity index (χ2n) is 3.32. The molecule has 0 aromatic heterocycles. The minimum Gasteiger partial charge on any atom is -0.166 e. The summed E-state index contributed by atoms with van der Waals surface area (Å²) in [5, 5.41) is 0. The molecule has 0 spiro atoms. The van der Waals surface area contributed by atoms with E-state index in [2.05, 4.69) is 6.07 Å². The van der Waals surface area contributed by atoms with Crippen LogP contribution in [0, 0.1) is 6.07 Å². The van der Waals surface area contributed by atoms with Crippen LogP contribution in [0.3, 0.4) is 0 Å². The van der Waals surface area contributed by atoms with E-state index >= 15 is 0 Å². The lowest BCUT2D eigenvalue weighted by molar-refractivity contribution is -0.137. The summed E-state index contributed by atoms with van der Waals surface area (Å²) in [5.74, 6) is 0. The molecule has 16 heavy (non-hydrogen) atoms. The summed E-state index contributed by atoms with van der Waals surface area (Å²) in [4.78, 5) is 0. The third-order valence-corrected chi connectivity index (χ3v) is 2.23. The van der Waals surface area contributed by atoms with Gasteiger partial charge in [-0.05, 0) is 23.3 Å². The molecule has 1 radical (unpaired) electrons. The third kappa shape index (κ3) is 2.08. The average Bonchev–Trinajstić information content (AvgIpc) is 2.29. The van der Waals surface area contributed by atoms with Gasteiger partial charge in [-0.25, -0.2) is 0 Å². The maximum Gasteiger partial charge on any atom is 0.417 e. The van der Waals surface area contributed by atoms with Gasteiger partial charge in [0.25, 0.3) is 0 Å². The van der Waals surface area contributed by atoms with E-state index < -0.39 is 11.7 Å². The first-order valence-corrected chi connectivity index (χ1v) is 4.72. The van der Waals surface area contributed by atoms with Gasteiger partial charge in [0.05, 0.1) is 5.56 Å². The fourth-order valence-corrected chi connectivity index (χ4v) is 1.53. The van der Waals surface area contributed by atoms with Crippen LogP contribution in [0.1, 0.15) is 5.56 Å². The standard InChI is InChI=1S/C13H8F3/c14-13(15,16)12-9-5-4-8-11(12)10-6-2-1-3-7-10/h1-6,8-9H. The van der Waals surface area contributed by atoms with Gasteiger partial charge in [-0.15, -0.1) is 0 Å². The molecule has 2 aromatic rings. The Labute approximate surface area is 91.4 Å². The minimum absolute atomic E-state index is 0.163. The molecule has 0 N–H and O–H groups in total. The summed E-state index contributed by atoms with van der Waals surface area (Å²) in [6.07, 6.45) is -4.33. The molecule has 0 saturated heterocycles. The molecule has 0 fully saturated rings. The number of hydrogen-bond acceptors (Lipinski definition) is 0. The lowest BCUT2D eigenvalue weighted by Gasteiger charge is -2.12. The Morgan fingerprint density at radius 2 is 1.56 bits per heavy atom. The summed E-state index contributed by atoms with van der Waals surface area (Å²) < 4.78 is 38.2. The first-order valence-electron chi connectivity index (χ1n) is 4.72. The van der Waals surface area contributed by atoms with E-state index in [-0.39, 0.29) is 5.56 Å². The molecule has 0 heterocycles. The number of benzene rings is 2. The fourth-order valence-electron chi connectivity index (χ4n) is 1.53. The smallest absolute Gasteiger partial charge is 0.166 e. The Balaban J connectivity index is 2.58. The number of halogens is 3. The molecule has 0 nitrogen and oxygen atoms in total. The predicted octanol–water partition coefficient (Wildman–Crippen LogP) is 4.17. The van der Waals surface area contributed by atoms with Gasteiger partial charge in [-0.3, -0.25) is 0 Å². The van der Waals surface area contributed by atoms with Gasteiger partial charge in [0.2, 0.25) is 0 Å². The molecular formula is C13H8F3. The SMILES string of the molecule is FC(F)(F)c1ccccc1-c1[c]cccc1. The Morgan fingerprint density at radius 1 is 0.875 bits per heavy atom. The van der Waals surface area contributed by atoms with Crippen LogP contribution in [0.5, 0.6) is 0 Å². The van der Waals surface area contributed by atoms with Crippen LogP contribution >= 0.6 is 0 Å². The lowest BCUT2D eigenvalue weighted by Crippen LogP contribution is -2.06. The molecular weight excluding hydrogens is 213 g/mol. The molecule has 0 amide bonds. The summed E-state index contributed by atoms with van der Waals surface area (Å²) in [7, 11) is 0. The van der Waals surface area contributed by atoms with Gasteiger partial charge in [0.15, 0.2) is 0 Å². The molecule has 2 aromatic carbocycles. The van der Waals surface area contributed by atoms with Gasteiger partial charge < -0.3 is 0 Å². The van der Waals surface area contributed by atoms with Crippen LogP contribution in [-0.4, -0.2) is 0 Å². The van der Waals surface area contributed by atoms with Gasteiger partial charge in [0.1, 0.15) is 0 Å². The van der Waals surface area contributed by atoms with Gasteiger partial charge >= 0.3 is 6.18 Å². The molecule has 0 bridgehead atoms. The highest BCUT2D eigenvalue weighted by atomic mass is 19.4. The fraction of sp³-hybridized carbons (Fsp3) is 0.0769. The zero-order chi connectivity index (χ0) is 11.6. The minimum atomic E-state index is -4.33. The molecule has 0 atom stereocenters. The van der Waals surface area contributed by atoms with Crippen molar-refractivity contribution in [2.45, 2.75) is 6.18 Å². The summed E-state index contributed by atoms with van der Waals surface area (Å²) in [5.41, 5.74) is -0.0107. The van der Waals surface area contributed by atoms with E-state index in [4.69, 9.17) is 0 Å². The van der Waals surface area contributed by atoms with Crippen molar-refractivity contribution in [3.05, 3.63) is 60.2 Å². The van der Waals surface area contributed by atoms with E-state index in [1.165, 1.54) is 12.1 Å². The Bertz CT molecular complexity index is 472. The van der Waals surface area contributed by atoms with E-state index in [1.54, 1.807) is 30.3 Å². The monoisotopic (exact) mass is 221 g/mol. The molecule has 0 aliphatic carbocycles. The Hall–Kier alpha value is -1.77. The van der Waals surface area contributed by atoms with Crippen molar-refractivity contribution in [3.8, 4) is 11.1 Å². The van der Waals surface area contributed by atoms with Crippen LogP contribution in [0.2, 0.25) is 0 Å². The maximum absolute atomic E-state index is 12.7. The summed E-state index contributed by atoms with van der Waals surface area (Å²) >= 11 is 0. The van der Waals surface area contributed by atoms with Crippen molar-refractivity contribution < 1.29 is 13.2 Å². The molecule has 0 saturated carbocycles. The Morgan fingerprint density at radius 3 is 2.19 bits per heavy atom. The zero-order valence-corrected chi connectivity index (χ0v) is 8.25. The van der Waals surface area contributed by atoms with Crippen LogP contribution < -0.4 is 0 Å². The van der Waals surface area contributed by atoms with E-state index in [0.717, 1.165) is 6.07 Å². The van der Waals surface area contributed by atoms with Gasteiger partial charge in [0, 0.05) is 0 Å². The lowest BCUT2D eigenvalue weighted by atomic mass is 9.99. The maximum atomic E-state index is 12.7. The number of rotatable bonds is 1. The van der Waals surface area contributed by atoms with Crippen molar-refractivity contribution in [2.24, 2.45) is 0 Å². The second kappa shape index (κ2) is 4.00. The van der Waals surface area contributed by atoms with E-state index in [1.807, 2.05) is 0 Å². The predicted molar refractivity (Wildman–Crippen MR) is 55.7 cm³/mol. The number of alkyl halides is 3. The molecule has 0 aliphatic heterocycles. The largest absolute Gasteiger partial charge is 0.417 e. The molecule has 0 unspecified atom stereocenters. The second-order valence-corrected chi connectivity index (χ2v) is 3.32.